The minimum atomic E-state index is -1.36. The fourth-order valence-electron chi connectivity index (χ4n) is 2.71. The fraction of sp³-hybridized carbons (Fsp3) is 0.444. The molecule has 0 bridgehead atoms. The van der Waals surface area contributed by atoms with Gasteiger partial charge in [-0.15, -0.1) is 0 Å². The summed E-state index contributed by atoms with van der Waals surface area (Å²) < 4.78 is 23.4. The van der Waals surface area contributed by atoms with Crippen molar-refractivity contribution in [1.82, 2.24) is 10.3 Å². The van der Waals surface area contributed by atoms with Crippen LogP contribution in [0.2, 0.25) is 5.02 Å². The lowest BCUT2D eigenvalue weighted by atomic mass is 10.2. The van der Waals surface area contributed by atoms with E-state index in [1.165, 1.54) is 0 Å². The van der Waals surface area contributed by atoms with E-state index in [9.17, 15) is 9.00 Å². The summed E-state index contributed by atoms with van der Waals surface area (Å²) in [5.41, 5.74) is 1.39. The molecular weight excluding hydrogens is 376 g/mol. The minimum absolute atomic E-state index is 0.0602. The van der Waals surface area contributed by atoms with Crippen molar-refractivity contribution in [2.24, 2.45) is 0 Å². The molecule has 2 unspecified atom stereocenters. The van der Waals surface area contributed by atoms with Gasteiger partial charge in [-0.1, -0.05) is 11.6 Å². The predicted octanol–water partition coefficient (Wildman–Crippen LogP) is 2.85. The smallest absolute Gasteiger partial charge is 0.232 e. The van der Waals surface area contributed by atoms with Gasteiger partial charge in [-0.05, 0) is 44.0 Å². The topological polar surface area (TPSA) is 81.4 Å². The number of amides is 1. The van der Waals surface area contributed by atoms with E-state index < -0.39 is 10.8 Å². The number of oxazole rings is 1. The highest BCUT2D eigenvalue weighted by Gasteiger charge is 2.18. The molecule has 2 aromatic rings. The molecular formula is C18H21ClN2O4S. The van der Waals surface area contributed by atoms with E-state index in [0.717, 1.165) is 25.0 Å². The second-order valence-corrected chi connectivity index (χ2v) is 8.09. The molecule has 26 heavy (non-hydrogen) atoms. The zero-order chi connectivity index (χ0) is 18.5. The Bertz CT molecular complexity index is 785. The molecule has 0 radical (unpaired) electrons. The third kappa shape index (κ3) is 5.16. The van der Waals surface area contributed by atoms with Gasteiger partial charge in [0.2, 0.25) is 11.8 Å². The van der Waals surface area contributed by atoms with Crippen LogP contribution in [0.1, 0.15) is 24.3 Å². The predicted molar refractivity (Wildman–Crippen MR) is 100 cm³/mol. The number of nitrogens with one attached hydrogen (secondary N) is 1. The molecule has 1 aromatic heterocycles. The van der Waals surface area contributed by atoms with Crippen molar-refractivity contribution < 1.29 is 18.2 Å². The summed E-state index contributed by atoms with van der Waals surface area (Å²) in [5.74, 6) is 0.931. The molecule has 1 aliphatic heterocycles. The van der Waals surface area contributed by atoms with Gasteiger partial charge in [0, 0.05) is 34.5 Å². The highest BCUT2D eigenvalue weighted by Crippen LogP contribution is 2.24. The van der Waals surface area contributed by atoms with Crippen molar-refractivity contribution in [3.8, 4) is 11.5 Å². The minimum Gasteiger partial charge on any atom is -0.441 e. The van der Waals surface area contributed by atoms with E-state index in [2.05, 4.69) is 10.3 Å². The summed E-state index contributed by atoms with van der Waals surface area (Å²) in [4.78, 5) is 16.3. The zero-order valence-corrected chi connectivity index (χ0v) is 16.1. The summed E-state index contributed by atoms with van der Waals surface area (Å²) in [6.07, 6.45) is 2.05. The largest absolute Gasteiger partial charge is 0.441 e. The molecule has 1 N–H and O–H groups in total. The van der Waals surface area contributed by atoms with Crippen LogP contribution in [0.15, 0.2) is 28.7 Å². The molecule has 6 nitrogen and oxygen atoms in total. The first-order valence-corrected chi connectivity index (χ1v) is 10.3. The molecule has 0 aliphatic carbocycles. The monoisotopic (exact) mass is 396 g/mol. The van der Waals surface area contributed by atoms with E-state index >= 15 is 0 Å². The summed E-state index contributed by atoms with van der Waals surface area (Å²) in [7, 11) is -1.36. The van der Waals surface area contributed by atoms with Gasteiger partial charge in [-0.25, -0.2) is 4.98 Å². The Morgan fingerprint density at radius 2 is 2.15 bits per heavy atom. The molecule has 2 atom stereocenters. The maximum absolute atomic E-state index is 12.3. The molecule has 0 spiro atoms. The highest BCUT2D eigenvalue weighted by atomic mass is 35.5. The first-order chi connectivity index (χ1) is 12.5. The lowest BCUT2D eigenvalue weighted by molar-refractivity contribution is -0.119. The van der Waals surface area contributed by atoms with Crippen molar-refractivity contribution in [2.45, 2.75) is 31.6 Å². The van der Waals surface area contributed by atoms with Gasteiger partial charge >= 0.3 is 0 Å². The third-order valence-electron chi connectivity index (χ3n) is 4.12. The van der Waals surface area contributed by atoms with Gasteiger partial charge in [0.25, 0.3) is 0 Å². The molecule has 1 fully saturated rings. The number of aromatic nitrogens is 1. The molecule has 3 rings (SSSR count). The number of hydrogen-bond acceptors (Lipinski definition) is 5. The van der Waals surface area contributed by atoms with Crippen molar-refractivity contribution >= 4 is 28.3 Å². The average molecular weight is 397 g/mol. The van der Waals surface area contributed by atoms with Crippen molar-refractivity contribution in [2.75, 3.05) is 18.9 Å². The lowest BCUT2D eigenvalue weighted by Crippen LogP contribution is -2.34. The van der Waals surface area contributed by atoms with Crippen LogP contribution in [0, 0.1) is 6.92 Å². The van der Waals surface area contributed by atoms with Gasteiger partial charge < -0.3 is 14.5 Å². The second kappa shape index (κ2) is 8.79. The summed E-state index contributed by atoms with van der Waals surface area (Å²) in [6, 6.07) is 7.14. The molecule has 2 heterocycles. The Labute approximate surface area is 159 Å². The van der Waals surface area contributed by atoms with Crippen LogP contribution in [-0.2, 0) is 26.1 Å². The molecule has 0 saturated carbocycles. The maximum atomic E-state index is 12.3. The van der Waals surface area contributed by atoms with Gasteiger partial charge in [0.15, 0.2) is 0 Å². The van der Waals surface area contributed by atoms with Gasteiger partial charge in [0.1, 0.15) is 11.5 Å². The fourth-order valence-corrected chi connectivity index (χ4v) is 3.91. The van der Waals surface area contributed by atoms with E-state index in [4.69, 9.17) is 20.8 Å². The Morgan fingerprint density at radius 3 is 2.85 bits per heavy atom. The molecule has 1 saturated heterocycles. The molecule has 1 aliphatic rings. The van der Waals surface area contributed by atoms with Gasteiger partial charge in [0.05, 0.1) is 17.6 Å². The van der Waals surface area contributed by atoms with E-state index in [-0.39, 0.29) is 23.5 Å². The Kier molecular flexibility index (Phi) is 6.45. The second-order valence-electron chi connectivity index (χ2n) is 6.20. The number of nitrogens with zero attached hydrogens (tertiary/aromatic N) is 1. The van der Waals surface area contributed by atoms with Crippen LogP contribution in [-0.4, -0.2) is 40.1 Å². The summed E-state index contributed by atoms with van der Waals surface area (Å²) in [5, 5.41) is 3.41. The van der Waals surface area contributed by atoms with Crippen LogP contribution in [0.5, 0.6) is 0 Å². The van der Waals surface area contributed by atoms with Crippen molar-refractivity contribution in [3.05, 3.63) is 40.7 Å². The average Bonchev–Trinajstić information content (AvgIpc) is 3.24. The number of carbonyl (C=O) groups excluding carboxylic acids is 1. The van der Waals surface area contributed by atoms with Gasteiger partial charge in [-0.3, -0.25) is 9.00 Å². The highest BCUT2D eigenvalue weighted by molar-refractivity contribution is 7.84. The number of hydrogen-bond donors (Lipinski definition) is 1. The van der Waals surface area contributed by atoms with E-state index in [0.29, 0.717) is 28.9 Å². The Balaban J connectivity index is 1.53. The standard InChI is InChI=1S/C18H21ClN2O4S/c1-12-16(21-18(25-12)13-4-6-14(19)7-5-13)10-26(23)11-17(22)20-9-15-3-2-8-24-15/h4-7,15H,2-3,8-11H2,1H3,(H,20,22). The number of carbonyl (C=O) groups is 1. The number of benzene rings is 1. The lowest BCUT2D eigenvalue weighted by Gasteiger charge is -2.10. The number of rotatable bonds is 7. The van der Waals surface area contributed by atoms with E-state index in [1.807, 2.05) is 12.1 Å². The molecule has 1 amide bonds. The normalized spacial score (nSPS) is 18.0. The van der Waals surface area contributed by atoms with Crippen LogP contribution >= 0.6 is 11.6 Å². The first kappa shape index (κ1) is 19.1. The number of halogens is 1. The SMILES string of the molecule is Cc1oc(-c2ccc(Cl)cc2)nc1CS(=O)CC(=O)NCC1CCCO1. The number of ether oxygens (including phenoxy) is 1. The van der Waals surface area contributed by atoms with Crippen molar-refractivity contribution in [3.63, 3.8) is 0 Å². The van der Waals surface area contributed by atoms with Crippen LogP contribution in [0.4, 0.5) is 0 Å². The van der Waals surface area contributed by atoms with Crippen LogP contribution in [0.25, 0.3) is 11.5 Å². The number of aryl methyl sites for hydroxylation is 1. The summed E-state index contributed by atoms with van der Waals surface area (Å²) in [6.45, 7) is 2.99. The molecule has 1 aromatic carbocycles. The quantitative estimate of drug-likeness (QED) is 0.778. The van der Waals surface area contributed by atoms with Crippen LogP contribution in [0.3, 0.4) is 0 Å². The molecule has 140 valence electrons. The molecule has 8 heteroatoms. The van der Waals surface area contributed by atoms with Crippen molar-refractivity contribution in [1.29, 1.82) is 0 Å². The Hall–Kier alpha value is -1.70. The third-order valence-corrected chi connectivity index (χ3v) is 5.56. The van der Waals surface area contributed by atoms with E-state index in [1.54, 1.807) is 19.1 Å². The maximum Gasteiger partial charge on any atom is 0.232 e. The zero-order valence-electron chi connectivity index (χ0n) is 14.5. The first-order valence-electron chi connectivity index (χ1n) is 8.47. The Morgan fingerprint density at radius 1 is 1.38 bits per heavy atom. The van der Waals surface area contributed by atoms with Gasteiger partial charge in [-0.2, -0.15) is 0 Å². The summed E-state index contributed by atoms with van der Waals surface area (Å²) >= 11 is 5.88. The van der Waals surface area contributed by atoms with Crippen LogP contribution < -0.4 is 5.32 Å².